The van der Waals surface area contributed by atoms with Gasteiger partial charge in [-0.05, 0) is 54.4 Å². The molecule has 1 aliphatic heterocycles. The molecule has 4 aromatic rings. The van der Waals surface area contributed by atoms with E-state index in [9.17, 15) is 4.79 Å². The van der Waals surface area contributed by atoms with Gasteiger partial charge in [0, 0.05) is 62.3 Å². The number of hydrogen-bond donors (Lipinski definition) is 2. The van der Waals surface area contributed by atoms with Crippen molar-refractivity contribution < 1.29 is 9.53 Å². The highest BCUT2D eigenvalue weighted by Crippen LogP contribution is 2.33. The Balaban J connectivity index is 1.27. The number of rotatable bonds is 7. The molecule has 40 heavy (non-hydrogen) atoms. The average molecular weight is 562 g/mol. The molecule has 5 rings (SSSR count). The van der Waals surface area contributed by atoms with E-state index < -0.39 is 0 Å². The van der Waals surface area contributed by atoms with Crippen molar-refractivity contribution in [2.45, 2.75) is 26.2 Å². The third-order valence-electron chi connectivity index (χ3n) is 7.08. The number of nitrogens with zero attached hydrogens (tertiary/aromatic N) is 5. The molecule has 3 heterocycles. The number of anilines is 3. The van der Waals surface area contributed by atoms with Crippen molar-refractivity contribution in [3.05, 3.63) is 65.3 Å². The third-order valence-corrected chi connectivity index (χ3v) is 7.41. The largest absolute Gasteiger partial charge is 0.457 e. The third kappa shape index (κ3) is 6.55. The number of benzene rings is 2. The van der Waals surface area contributed by atoms with Gasteiger partial charge in [-0.3, -0.25) is 9.69 Å². The first kappa shape index (κ1) is 27.9. The highest BCUT2D eigenvalue weighted by molar-refractivity contribution is 6.31. The Hall–Kier alpha value is -3.66. The summed E-state index contributed by atoms with van der Waals surface area (Å²) in [5.41, 5.74) is 3.67. The van der Waals surface area contributed by atoms with Crippen molar-refractivity contribution in [3.63, 3.8) is 0 Å². The second kappa shape index (κ2) is 11.4. The molecular weight excluding hydrogens is 526 g/mol. The number of hydrogen-bond acceptors (Lipinski definition) is 7. The molecule has 1 amide bonds. The van der Waals surface area contributed by atoms with Crippen molar-refractivity contribution in [3.8, 4) is 11.5 Å². The second-order valence-corrected chi connectivity index (χ2v) is 11.7. The predicted octanol–water partition coefficient (Wildman–Crippen LogP) is 5.64. The van der Waals surface area contributed by atoms with Gasteiger partial charge in [-0.25, -0.2) is 9.97 Å². The number of aryl methyl sites for hydroxylation is 1. The van der Waals surface area contributed by atoms with Crippen LogP contribution in [-0.2, 0) is 17.3 Å². The Kier molecular flexibility index (Phi) is 7.98. The van der Waals surface area contributed by atoms with Gasteiger partial charge in [0.1, 0.15) is 17.3 Å². The van der Waals surface area contributed by atoms with Crippen LogP contribution >= 0.6 is 11.6 Å². The SMILES string of the molecule is CN1CCN(CC(=O)Nc2cc(Oc3ccc4c(c3)nc(Nc3ccc(Cl)c(C(C)(C)C)c3)n4C)ccn2)CC1. The van der Waals surface area contributed by atoms with Crippen molar-refractivity contribution >= 4 is 46.0 Å². The second-order valence-electron chi connectivity index (χ2n) is 11.3. The van der Waals surface area contributed by atoms with E-state index in [2.05, 4.69) is 59.3 Å². The van der Waals surface area contributed by atoms with Crippen molar-refractivity contribution in [1.29, 1.82) is 0 Å². The predicted molar refractivity (Wildman–Crippen MR) is 161 cm³/mol. The van der Waals surface area contributed by atoms with Gasteiger partial charge in [0.25, 0.3) is 0 Å². The molecule has 0 atom stereocenters. The Bertz CT molecular complexity index is 1520. The molecule has 1 saturated heterocycles. The van der Waals surface area contributed by atoms with Gasteiger partial charge >= 0.3 is 0 Å². The Morgan fingerprint density at radius 2 is 1.75 bits per heavy atom. The number of fused-ring (bicyclic) bond motifs is 1. The van der Waals surface area contributed by atoms with E-state index in [0.29, 0.717) is 29.8 Å². The molecular formula is C30H36ClN7O2. The van der Waals surface area contributed by atoms with Crippen LogP contribution in [0.3, 0.4) is 0 Å². The normalized spacial score (nSPS) is 14.8. The number of halogens is 1. The van der Waals surface area contributed by atoms with Crippen LogP contribution in [0.4, 0.5) is 17.5 Å². The van der Waals surface area contributed by atoms with Crippen LogP contribution in [0.15, 0.2) is 54.7 Å². The number of aromatic nitrogens is 3. The van der Waals surface area contributed by atoms with Crippen LogP contribution in [0.2, 0.25) is 5.02 Å². The minimum absolute atomic E-state index is 0.0758. The number of amides is 1. The standard InChI is InChI=1S/C30H36ClN7O2/c1-30(2,3)23-16-20(6-8-24(23)31)33-29-34-25-17-21(7-9-26(25)37(29)5)40-22-10-11-32-27(18-22)35-28(39)19-38-14-12-36(4)13-15-38/h6-11,16-18H,12-15,19H2,1-5H3,(H,33,34)(H,32,35,39). The van der Waals surface area contributed by atoms with Crippen LogP contribution in [0.25, 0.3) is 11.0 Å². The monoisotopic (exact) mass is 561 g/mol. The van der Waals surface area contributed by atoms with Crippen LogP contribution in [-0.4, -0.2) is 70.0 Å². The Labute approximate surface area is 240 Å². The molecule has 2 N–H and O–H groups in total. The summed E-state index contributed by atoms with van der Waals surface area (Å²) in [5, 5.41) is 7.06. The van der Waals surface area contributed by atoms with Crippen LogP contribution in [0.1, 0.15) is 26.3 Å². The first-order valence-electron chi connectivity index (χ1n) is 13.4. The molecule has 2 aromatic carbocycles. The van der Waals surface area contributed by atoms with E-state index in [1.54, 1.807) is 18.3 Å². The van der Waals surface area contributed by atoms with Crippen LogP contribution in [0, 0.1) is 0 Å². The van der Waals surface area contributed by atoms with Gasteiger partial charge in [0.15, 0.2) is 0 Å². The lowest BCUT2D eigenvalue weighted by molar-refractivity contribution is -0.117. The number of ether oxygens (including phenoxy) is 1. The van der Waals surface area contributed by atoms with Gasteiger partial charge in [-0.1, -0.05) is 32.4 Å². The maximum atomic E-state index is 12.6. The number of imidazole rings is 1. The number of likely N-dealkylation sites (N-methyl/N-ethyl adjacent to an activating group) is 1. The van der Waals surface area contributed by atoms with Crippen molar-refractivity contribution in [1.82, 2.24) is 24.3 Å². The zero-order valence-electron chi connectivity index (χ0n) is 23.7. The molecule has 2 aromatic heterocycles. The van der Waals surface area contributed by atoms with E-state index in [4.69, 9.17) is 21.3 Å². The van der Waals surface area contributed by atoms with Crippen LogP contribution in [0.5, 0.6) is 11.5 Å². The molecule has 10 heteroatoms. The summed E-state index contributed by atoms with van der Waals surface area (Å²) in [7, 11) is 4.07. The van der Waals surface area contributed by atoms with Crippen molar-refractivity contribution in [2.75, 3.05) is 50.4 Å². The molecule has 9 nitrogen and oxygen atoms in total. The summed E-state index contributed by atoms with van der Waals surface area (Å²) < 4.78 is 8.12. The summed E-state index contributed by atoms with van der Waals surface area (Å²) in [6.45, 7) is 10.5. The molecule has 0 radical (unpaired) electrons. The Morgan fingerprint density at radius 1 is 1.00 bits per heavy atom. The lowest BCUT2D eigenvalue weighted by atomic mass is 9.87. The molecule has 210 valence electrons. The minimum Gasteiger partial charge on any atom is -0.457 e. The molecule has 0 saturated carbocycles. The van der Waals surface area contributed by atoms with Crippen LogP contribution < -0.4 is 15.4 Å². The molecule has 0 aliphatic carbocycles. The summed E-state index contributed by atoms with van der Waals surface area (Å²) in [4.78, 5) is 26.1. The summed E-state index contributed by atoms with van der Waals surface area (Å²) >= 11 is 6.45. The van der Waals surface area contributed by atoms with Crippen molar-refractivity contribution in [2.24, 2.45) is 7.05 Å². The molecule has 1 fully saturated rings. The molecule has 1 aliphatic rings. The van der Waals surface area contributed by atoms with E-state index in [1.165, 1.54) is 0 Å². The van der Waals surface area contributed by atoms with E-state index >= 15 is 0 Å². The quantitative estimate of drug-likeness (QED) is 0.302. The average Bonchev–Trinajstić information content (AvgIpc) is 3.20. The number of pyridine rings is 1. The zero-order valence-corrected chi connectivity index (χ0v) is 24.4. The van der Waals surface area contributed by atoms with E-state index in [-0.39, 0.29) is 11.3 Å². The summed E-state index contributed by atoms with van der Waals surface area (Å²) in [6, 6.07) is 15.2. The molecule has 0 unspecified atom stereocenters. The summed E-state index contributed by atoms with van der Waals surface area (Å²) in [5.74, 6) is 2.30. The fourth-order valence-corrected chi connectivity index (χ4v) is 5.13. The first-order chi connectivity index (χ1) is 19.0. The number of piperazine rings is 1. The fourth-order valence-electron chi connectivity index (χ4n) is 4.73. The smallest absolute Gasteiger partial charge is 0.239 e. The highest BCUT2D eigenvalue weighted by atomic mass is 35.5. The van der Waals surface area contributed by atoms with Gasteiger partial charge in [0.05, 0.1) is 17.6 Å². The lowest BCUT2D eigenvalue weighted by Gasteiger charge is -2.31. The topological polar surface area (TPSA) is 87.5 Å². The number of nitrogens with one attached hydrogen (secondary N) is 2. The van der Waals surface area contributed by atoms with Gasteiger partial charge in [-0.15, -0.1) is 0 Å². The van der Waals surface area contributed by atoms with Gasteiger partial charge < -0.3 is 24.8 Å². The number of carbonyl (C=O) groups excluding carboxylic acids is 1. The minimum atomic E-state index is -0.0838. The van der Waals surface area contributed by atoms with E-state index in [1.807, 2.05) is 41.9 Å². The first-order valence-corrected chi connectivity index (χ1v) is 13.8. The van der Waals surface area contributed by atoms with Gasteiger partial charge in [-0.2, -0.15) is 0 Å². The Morgan fingerprint density at radius 3 is 2.50 bits per heavy atom. The van der Waals surface area contributed by atoms with E-state index in [0.717, 1.165) is 53.5 Å². The molecule has 0 spiro atoms. The summed E-state index contributed by atoms with van der Waals surface area (Å²) in [6.07, 6.45) is 1.63. The fraction of sp³-hybridized carbons (Fsp3) is 0.367. The number of carbonyl (C=O) groups is 1. The lowest BCUT2D eigenvalue weighted by Crippen LogP contribution is -2.47. The highest BCUT2D eigenvalue weighted by Gasteiger charge is 2.19. The zero-order chi connectivity index (χ0) is 28.4. The maximum absolute atomic E-state index is 12.6. The molecule has 0 bridgehead atoms. The maximum Gasteiger partial charge on any atom is 0.239 e. The van der Waals surface area contributed by atoms with Gasteiger partial charge in [0.2, 0.25) is 11.9 Å².